The van der Waals surface area contributed by atoms with Crippen molar-refractivity contribution in [2.45, 2.75) is 17.9 Å². The summed E-state index contributed by atoms with van der Waals surface area (Å²) < 4.78 is 4.91. The van der Waals surface area contributed by atoms with Gasteiger partial charge in [0.15, 0.2) is 0 Å². The van der Waals surface area contributed by atoms with Crippen molar-refractivity contribution in [1.29, 1.82) is 0 Å². The summed E-state index contributed by atoms with van der Waals surface area (Å²) in [5.41, 5.74) is 1.40. The largest absolute Gasteiger partial charge is 0.452 e. The molecule has 1 heterocycles. The first-order chi connectivity index (χ1) is 9.11. The molecular formula is C14H14ClNO2S. The zero-order chi connectivity index (χ0) is 13.8. The Morgan fingerprint density at radius 3 is 2.53 bits per heavy atom. The number of rotatable bonds is 4. The van der Waals surface area contributed by atoms with Crippen LogP contribution in [0.2, 0.25) is 5.22 Å². The molecule has 0 aliphatic rings. The van der Waals surface area contributed by atoms with Crippen molar-refractivity contribution < 1.29 is 9.21 Å². The van der Waals surface area contributed by atoms with Gasteiger partial charge in [0, 0.05) is 4.90 Å². The molecule has 1 unspecified atom stereocenters. The van der Waals surface area contributed by atoms with Gasteiger partial charge in [-0.3, -0.25) is 4.79 Å². The first-order valence-corrected chi connectivity index (χ1v) is 7.40. The Bertz CT molecular complexity index is 565. The van der Waals surface area contributed by atoms with Gasteiger partial charge in [0.25, 0.3) is 5.91 Å². The molecular weight excluding hydrogens is 282 g/mol. The van der Waals surface area contributed by atoms with E-state index in [0.29, 0.717) is 5.56 Å². The quantitative estimate of drug-likeness (QED) is 0.862. The lowest BCUT2D eigenvalue weighted by Gasteiger charge is -2.14. The number of hydrogen-bond acceptors (Lipinski definition) is 3. The standard InChI is InChI=1S/C14H14ClNO2S/c1-9(10-3-5-11(19-2)6-4-10)16-14(17)12-7-8-18-13(12)15/h3-9H,1-2H3,(H,16,17). The second-order valence-corrected chi connectivity index (χ2v) is 5.30. The molecule has 3 nitrogen and oxygen atoms in total. The number of carbonyl (C=O) groups excluding carboxylic acids is 1. The average molecular weight is 296 g/mol. The van der Waals surface area contributed by atoms with Gasteiger partial charge in [-0.05, 0) is 48.5 Å². The molecule has 1 aromatic heterocycles. The highest BCUT2D eigenvalue weighted by molar-refractivity contribution is 7.98. The van der Waals surface area contributed by atoms with Crippen LogP contribution >= 0.6 is 23.4 Å². The molecule has 0 fully saturated rings. The summed E-state index contributed by atoms with van der Waals surface area (Å²) in [6.07, 6.45) is 3.43. The number of furan rings is 1. The van der Waals surface area contributed by atoms with Gasteiger partial charge in [0.05, 0.1) is 17.9 Å². The van der Waals surface area contributed by atoms with Crippen LogP contribution in [0.1, 0.15) is 28.9 Å². The zero-order valence-electron chi connectivity index (χ0n) is 10.6. The van der Waals surface area contributed by atoms with Crippen molar-refractivity contribution in [3.8, 4) is 0 Å². The molecule has 100 valence electrons. The van der Waals surface area contributed by atoms with Gasteiger partial charge in [-0.25, -0.2) is 0 Å². The molecule has 5 heteroatoms. The molecule has 0 aliphatic heterocycles. The lowest BCUT2D eigenvalue weighted by atomic mass is 10.1. The van der Waals surface area contributed by atoms with E-state index in [-0.39, 0.29) is 17.2 Å². The monoisotopic (exact) mass is 295 g/mol. The van der Waals surface area contributed by atoms with E-state index >= 15 is 0 Å². The second-order valence-electron chi connectivity index (χ2n) is 4.08. The molecule has 0 saturated carbocycles. The smallest absolute Gasteiger partial charge is 0.256 e. The maximum atomic E-state index is 12.0. The van der Waals surface area contributed by atoms with Crippen molar-refractivity contribution >= 4 is 29.3 Å². The van der Waals surface area contributed by atoms with Crippen molar-refractivity contribution in [3.05, 3.63) is 52.9 Å². The van der Waals surface area contributed by atoms with Gasteiger partial charge in [0.1, 0.15) is 0 Å². The molecule has 0 radical (unpaired) electrons. The molecule has 1 atom stereocenters. The fourth-order valence-electron chi connectivity index (χ4n) is 1.71. The Balaban J connectivity index is 2.06. The minimum absolute atomic E-state index is 0.0885. The third kappa shape index (κ3) is 3.33. The fraction of sp³-hybridized carbons (Fsp3) is 0.214. The summed E-state index contributed by atoms with van der Waals surface area (Å²) in [6.45, 7) is 1.93. The van der Waals surface area contributed by atoms with Crippen LogP contribution < -0.4 is 5.32 Å². The maximum absolute atomic E-state index is 12.0. The van der Waals surface area contributed by atoms with E-state index in [1.165, 1.54) is 11.2 Å². The maximum Gasteiger partial charge on any atom is 0.256 e. The molecule has 0 saturated heterocycles. The van der Waals surface area contributed by atoms with Gasteiger partial charge in [-0.2, -0.15) is 0 Å². The Hall–Kier alpha value is -1.39. The second kappa shape index (κ2) is 6.17. The Morgan fingerprint density at radius 2 is 2.00 bits per heavy atom. The van der Waals surface area contributed by atoms with Crippen LogP contribution in [0.25, 0.3) is 0 Å². The number of carbonyl (C=O) groups is 1. The molecule has 1 amide bonds. The predicted molar refractivity (Wildman–Crippen MR) is 77.8 cm³/mol. The minimum atomic E-state index is -0.236. The Labute approximate surface area is 121 Å². The molecule has 0 bridgehead atoms. The summed E-state index contributed by atoms with van der Waals surface area (Å²) in [5, 5.41) is 3.00. The van der Waals surface area contributed by atoms with Crippen LogP contribution in [0, 0.1) is 0 Å². The SMILES string of the molecule is CSc1ccc(C(C)NC(=O)c2ccoc2Cl)cc1. The average Bonchev–Trinajstić information content (AvgIpc) is 2.85. The molecule has 19 heavy (non-hydrogen) atoms. The van der Waals surface area contributed by atoms with Gasteiger partial charge < -0.3 is 9.73 Å². The highest BCUT2D eigenvalue weighted by Crippen LogP contribution is 2.21. The van der Waals surface area contributed by atoms with E-state index in [0.717, 1.165) is 5.56 Å². The lowest BCUT2D eigenvalue weighted by Crippen LogP contribution is -2.26. The minimum Gasteiger partial charge on any atom is -0.452 e. The molecule has 2 aromatic rings. The first-order valence-electron chi connectivity index (χ1n) is 5.79. The van der Waals surface area contributed by atoms with Crippen LogP contribution in [0.5, 0.6) is 0 Å². The van der Waals surface area contributed by atoms with Crippen LogP contribution in [-0.4, -0.2) is 12.2 Å². The summed E-state index contributed by atoms with van der Waals surface area (Å²) in [7, 11) is 0. The van der Waals surface area contributed by atoms with Gasteiger partial charge >= 0.3 is 0 Å². The van der Waals surface area contributed by atoms with Crippen LogP contribution in [-0.2, 0) is 0 Å². The van der Waals surface area contributed by atoms with E-state index in [9.17, 15) is 4.79 Å². The van der Waals surface area contributed by atoms with E-state index in [1.807, 2.05) is 37.4 Å². The highest BCUT2D eigenvalue weighted by atomic mass is 35.5. The number of hydrogen-bond donors (Lipinski definition) is 1. The zero-order valence-corrected chi connectivity index (χ0v) is 12.2. The van der Waals surface area contributed by atoms with Crippen molar-refractivity contribution in [2.24, 2.45) is 0 Å². The summed E-state index contributed by atoms with van der Waals surface area (Å²) in [5.74, 6) is -0.236. The molecule has 2 rings (SSSR count). The van der Waals surface area contributed by atoms with E-state index in [2.05, 4.69) is 5.32 Å². The molecule has 0 spiro atoms. The molecule has 0 aliphatic carbocycles. The normalized spacial score (nSPS) is 12.2. The van der Waals surface area contributed by atoms with E-state index in [1.54, 1.807) is 17.8 Å². The van der Waals surface area contributed by atoms with Crippen molar-refractivity contribution in [3.63, 3.8) is 0 Å². The number of halogens is 1. The summed E-state index contributed by atoms with van der Waals surface area (Å²) >= 11 is 7.46. The van der Waals surface area contributed by atoms with Gasteiger partial charge in [-0.15, -0.1) is 11.8 Å². The number of thioether (sulfide) groups is 1. The number of benzene rings is 1. The van der Waals surface area contributed by atoms with Gasteiger partial charge in [-0.1, -0.05) is 12.1 Å². The molecule has 1 N–H and O–H groups in total. The molecule has 1 aromatic carbocycles. The number of amides is 1. The predicted octanol–water partition coefficient (Wildman–Crippen LogP) is 4.15. The third-order valence-electron chi connectivity index (χ3n) is 2.83. The van der Waals surface area contributed by atoms with E-state index < -0.39 is 0 Å². The number of nitrogens with one attached hydrogen (secondary N) is 1. The van der Waals surface area contributed by atoms with E-state index in [4.69, 9.17) is 16.0 Å². The fourth-order valence-corrected chi connectivity index (χ4v) is 2.31. The van der Waals surface area contributed by atoms with Gasteiger partial charge in [0.2, 0.25) is 5.22 Å². The van der Waals surface area contributed by atoms with Crippen molar-refractivity contribution in [2.75, 3.05) is 6.26 Å². The summed E-state index contributed by atoms with van der Waals surface area (Å²) in [4.78, 5) is 13.2. The van der Waals surface area contributed by atoms with Crippen LogP contribution in [0.3, 0.4) is 0 Å². The summed E-state index contributed by atoms with van der Waals surface area (Å²) in [6, 6.07) is 9.55. The van der Waals surface area contributed by atoms with Crippen LogP contribution in [0.15, 0.2) is 45.9 Å². The topological polar surface area (TPSA) is 42.2 Å². The highest BCUT2D eigenvalue weighted by Gasteiger charge is 2.16. The Kier molecular flexibility index (Phi) is 4.56. The van der Waals surface area contributed by atoms with Crippen molar-refractivity contribution in [1.82, 2.24) is 5.32 Å². The van der Waals surface area contributed by atoms with Crippen LogP contribution in [0.4, 0.5) is 0 Å². The first kappa shape index (κ1) is 14.0. The third-order valence-corrected chi connectivity index (χ3v) is 3.86. The Morgan fingerprint density at radius 1 is 1.32 bits per heavy atom. The lowest BCUT2D eigenvalue weighted by molar-refractivity contribution is 0.0939.